The van der Waals surface area contributed by atoms with Crippen LogP contribution in [0.4, 0.5) is 4.39 Å². The molecule has 2 N–H and O–H groups in total. The number of nitriles is 3. The van der Waals surface area contributed by atoms with Crippen molar-refractivity contribution in [2.45, 2.75) is 12.5 Å². The van der Waals surface area contributed by atoms with Gasteiger partial charge in [-0.25, -0.2) is 4.39 Å². The van der Waals surface area contributed by atoms with Crippen molar-refractivity contribution < 1.29 is 4.39 Å². The van der Waals surface area contributed by atoms with E-state index < -0.39 is 23.1 Å². The molecule has 1 heterocycles. The number of rotatable bonds is 3. The highest BCUT2D eigenvalue weighted by Gasteiger charge is 2.55. The van der Waals surface area contributed by atoms with Gasteiger partial charge in [-0.15, -0.1) is 0 Å². The fourth-order valence-corrected chi connectivity index (χ4v) is 5.19. The molecule has 1 aliphatic heterocycles. The van der Waals surface area contributed by atoms with Crippen LogP contribution in [-0.4, -0.2) is 18.0 Å². The molecule has 0 bridgehead atoms. The van der Waals surface area contributed by atoms with Crippen molar-refractivity contribution in [1.82, 2.24) is 4.90 Å². The van der Waals surface area contributed by atoms with Crippen molar-refractivity contribution in [3.63, 3.8) is 0 Å². The number of hydrogen-bond acceptors (Lipinski definition) is 5. The topological polar surface area (TPSA) is 101 Å². The van der Waals surface area contributed by atoms with E-state index in [-0.39, 0.29) is 16.8 Å². The summed E-state index contributed by atoms with van der Waals surface area (Å²) in [6.07, 6.45) is 1.92. The van der Waals surface area contributed by atoms with Gasteiger partial charge in [-0.3, -0.25) is 4.90 Å². The van der Waals surface area contributed by atoms with Gasteiger partial charge >= 0.3 is 0 Å². The third kappa shape index (κ3) is 3.49. The van der Waals surface area contributed by atoms with E-state index in [4.69, 9.17) is 5.73 Å². The molecule has 0 saturated carbocycles. The second-order valence-electron chi connectivity index (χ2n) is 8.02. The van der Waals surface area contributed by atoms with Crippen molar-refractivity contribution in [3.05, 3.63) is 92.9 Å². The van der Waals surface area contributed by atoms with Crippen LogP contribution in [0.1, 0.15) is 17.0 Å². The first-order chi connectivity index (χ1) is 15.4. The minimum Gasteiger partial charge on any atom is -0.399 e. The smallest absolute Gasteiger partial charge is 0.191 e. The summed E-state index contributed by atoms with van der Waals surface area (Å²) in [5.74, 6) is -1.82. The van der Waals surface area contributed by atoms with Gasteiger partial charge in [0.25, 0.3) is 0 Å². The molecular formula is C25H19BrFN5. The van der Waals surface area contributed by atoms with Crippen LogP contribution < -0.4 is 5.73 Å². The summed E-state index contributed by atoms with van der Waals surface area (Å²) in [5, 5.41) is 30.1. The fraction of sp³-hybridized carbons (Fsp3) is 0.240. The van der Waals surface area contributed by atoms with E-state index in [2.05, 4.69) is 39.0 Å². The second kappa shape index (κ2) is 8.60. The van der Waals surface area contributed by atoms with E-state index >= 15 is 4.39 Å². The molecule has 2 atom stereocenters. The van der Waals surface area contributed by atoms with E-state index in [1.807, 2.05) is 36.4 Å². The highest BCUT2D eigenvalue weighted by molar-refractivity contribution is 9.10. The SMILES string of the molecule is N#CC1=C(N)C(C#N)(C#N)[C@@H](c2cc(Br)ccc2F)[C@H]2CN(Cc3ccccc3)CC=C12. The number of nitrogens with two attached hydrogens (primary N) is 1. The molecule has 2 aromatic rings. The van der Waals surface area contributed by atoms with Crippen LogP contribution in [0.5, 0.6) is 0 Å². The highest BCUT2D eigenvalue weighted by atomic mass is 79.9. The van der Waals surface area contributed by atoms with Crippen molar-refractivity contribution >= 4 is 15.9 Å². The lowest BCUT2D eigenvalue weighted by atomic mass is 9.58. The fourth-order valence-electron chi connectivity index (χ4n) is 4.81. The van der Waals surface area contributed by atoms with Crippen LogP contribution in [0.2, 0.25) is 0 Å². The molecule has 1 aliphatic carbocycles. The van der Waals surface area contributed by atoms with Crippen LogP contribution in [0, 0.1) is 51.1 Å². The Labute approximate surface area is 194 Å². The van der Waals surface area contributed by atoms with Crippen LogP contribution in [0.25, 0.3) is 0 Å². The van der Waals surface area contributed by atoms with Gasteiger partial charge in [0.1, 0.15) is 11.9 Å². The molecule has 0 unspecified atom stereocenters. The van der Waals surface area contributed by atoms with Gasteiger partial charge in [0.2, 0.25) is 0 Å². The highest BCUT2D eigenvalue weighted by Crippen LogP contribution is 2.54. The Balaban J connectivity index is 1.89. The average Bonchev–Trinajstić information content (AvgIpc) is 2.81. The maximum absolute atomic E-state index is 15.1. The van der Waals surface area contributed by atoms with Crippen molar-refractivity contribution in [2.24, 2.45) is 17.1 Å². The average molecular weight is 488 g/mol. The van der Waals surface area contributed by atoms with Gasteiger partial charge in [-0.2, -0.15) is 15.8 Å². The molecule has 5 nitrogen and oxygen atoms in total. The van der Waals surface area contributed by atoms with Crippen molar-refractivity contribution in [2.75, 3.05) is 13.1 Å². The maximum atomic E-state index is 15.1. The monoisotopic (exact) mass is 487 g/mol. The number of benzene rings is 2. The summed E-state index contributed by atoms with van der Waals surface area (Å²) < 4.78 is 15.7. The Morgan fingerprint density at radius 3 is 2.50 bits per heavy atom. The molecule has 0 saturated heterocycles. The molecule has 2 aliphatic rings. The van der Waals surface area contributed by atoms with Gasteiger partial charge in [0.15, 0.2) is 5.41 Å². The van der Waals surface area contributed by atoms with E-state index in [0.29, 0.717) is 29.7 Å². The molecule has 0 fully saturated rings. The van der Waals surface area contributed by atoms with E-state index in [1.54, 1.807) is 12.1 Å². The van der Waals surface area contributed by atoms with E-state index in [9.17, 15) is 15.8 Å². The lowest BCUT2D eigenvalue weighted by Gasteiger charge is -2.45. The lowest BCUT2D eigenvalue weighted by Crippen LogP contribution is -2.48. The Morgan fingerprint density at radius 1 is 1.12 bits per heavy atom. The Kier molecular flexibility index (Phi) is 5.85. The summed E-state index contributed by atoms with van der Waals surface area (Å²) in [7, 11) is 0. The predicted molar refractivity (Wildman–Crippen MR) is 121 cm³/mol. The summed E-state index contributed by atoms with van der Waals surface area (Å²) in [6.45, 7) is 1.70. The van der Waals surface area contributed by atoms with E-state index in [1.165, 1.54) is 6.07 Å². The summed E-state index contributed by atoms with van der Waals surface area (Å²) >= 11 is 3.38. The largest absolute Gasteiger partial charge is 0.399 e. The quantitative estimate of drug-likeness (QED) is 0.685. The van der Waals surface area contributed by atoms with Crippen LogP contribution in [-0.2, 0) is 6.54 Å². The predicted octanol–water partition coefficient (Wildman–Crippen LogP) is 4.51. The van der Waals surface area contributed by atoms with Gasteiger partial charge in [-0.1, -0.05) is 52.3 Å². The minimum absolute atomic E-state index is 0.103. The number of fused-ring (bicyclic) bond motifs is 1. The first kappa shape index (κ1) is 21.8. The van der Waals surface area contributed by atoms with Crippen molar-refractivity contribution in [1.29, 1.82) is 15.8 Å². The molecular weight excluding hydrogens is 469 g/mol. The van der Waals surface area contributed by atoms with Gasteiger partial charge < -0.3 is 5.73 Å². The standard InChI is InChI=1S/C25H19BrFN5/c26-17-6-7-22(27)19(10-17)23-21-13-32(12-16-4-2-1-3-5-16)9-8-18(21)20(11-28)24(31)25(23,14-29)15-30/h1-8,10,21,23H,9,12-13,31H2/t21-,23-/m0/s1. The third-order valence-corrected chi connectivity index (χ3v) is 6.78. The molecule has 2 aromatic carbocycles. The number of nitrogens with zero attached hydrogens (tertiary/aromatic N) is 4. The Hall–Kier alpha value is -3.44. The van der Waals surface area contributed by atoms with E-state index in [0.717, 1.165) is 5.56 Å². The van der Waals surface area contributed by atoms with Gasteiger partial charge in [0, 0.05) is 35.9 Å². The first-order valence-electron chi connectivity index (χ1n) is 10.1. The normalized spacial score (nSPS) is 22.2. The summed E-state index contributed by atoms with van der Waals surface area (Å²) in [4.78, 5) is 2.17. The number of allylic oxidation sites excluding steroid dienone is 2. The maximum Gasteiger partial charge on any atom is 0.191 e. The zero-order chi connectivity index (χ0) is 22.9. The summed E-state index contributed by atoms with van der Waals surface area (Å²) in [5.41, 5.74) is 6.53. The Morgan fingerprint density at radius 2 is 1.84 bits per heavy atom. The first-order valence-corrected chi connectivity index (χ1v) is 10.9. The molecule has 4 rings (SSSR count). The molecule has 0 amide bonds. The minimum atomic E-state index is -1.86. The van der Waals surface area contributed by atoms with Crippen LogP contribution in [0.15, 0.2) is 75.9 Å². The number of halogens is 2. The zero-order valence-corrected chi connectivity index (χ0v) is 18.7. The molecule has 0 spiro atoms. The third-order valence-electron chi connectivity index (χ3n) is 6.28. The second-order valence-corrected chi connectivity index (χ2v) is 8.94. The molecule has 0 aromatic heterocycles. The van der Waals surface area contributed by atoms with Crippen molar-refractivity contribution in [3.8, 4) is 18.2 Å². The lowest BCUT2D eigenvalue weighted by molar-refractivity contribution is 0.199. The molecule has 32 heavy (non-hydrogen) atoms. The van der Waals surface area contributed by atoms with Gasteiger partial charge in [-0.05, 0) is 34.9 Å². The zero-order valence-electron chi connectivity index (χ0n) is 17.1. The van der Waals surface area contributed by atoms with Crippen LogP contribution in [0.3, 0.4) is 0 Å². The molecule has 158 valence electrons. The Bertz CT molecular complexity index is 1230. The number of hydrogen-bond donors (Lipinski definition) is 1. The van der Waals surface area contributed by atoms with Crippen LogP contribution >= 0.6 is 15.9 Å². The summed E-state index contributed by atoms with van der Waals surface area (Å²) in [6, 6.07) is 20.6. The van der Waals surface area contributed by atoms with Gasteiger partial charge in [0.05, 0.1) is 23.4 Å². The molecule has 7 heteroatoms. The molecule has 0 radical (unpaired) electrons.